The summed E-state index contributed by atoms with van der Waals surface area (Å²) in [5, 5.41) is 5.37. The lowest BCUT2D eigenvalue weighted by atomic mass is 10.0. The molecule has 1 aromatic carbocycles. The van der Waals surface area contributed by atoms with Gasteiger partial charge in [-0.1, -0.05) is 18.2 Å². The molecule has 2 heterocycles. The van der Waals surface area contributed by atoms with Gasteiger partial charge in [0.2, 0.25) is 0 Å². The molecule has 4 nitrogen and oxygen atoms in total. The number of benzene rings is 1. The third kappa shape index (κ3) is 2.13. The summed E-state index contributed by atoms with van der Waals surface area (Å²) < 4.78 is 2.68. The van der Waals surface area contributed by atoms with Crippen LogP contribution in [-0.4, -0.2) is 14.8 Å². The highest BCUT2D eigenvalue weighted by Gasteiger charge is 2.18. The van der Waals surface area contributed by atoms with Gasteiger partial charge in [-0.25, -0.2) is 0 Å². The van der Waals surface area contributed by atoms with Crippen molar-refractivity contribution < 1.29 is 0 Å². The maximum Gasteiger partial charge on any atom is 0.0908 e. The molecule has 0 saturated heterocycles. The zero-order valence-electron chi connectivity index (χ0n) is 11.3. The van der Waals surface area contributed by atoms with E-state index in [-0.39, 0.29) is 6.04 Å². The number of aryl methyl sites for hydroxylation is 2. The van der Waals surface area contributed by atoms with Crippen LogP contribution in [0.5, 0.6) is 0 Å². The Morgan fingerprint density at radius 2 is 2.05 bits per heavy atom. The topological polar surface area (TPSA) is 56.7 Å². The van der Waals surface area contributed by atoms with Crippen LogP contribution in [0.4, 0.5) is 0 Å². The van der Waals surface area contributed by atoms with Gasteiger partial charge >= 0.3 is 0 Å². The largest absolute Gasteiger partial charge is 0.318 e. The molecule has 0 radical (unpaired) electrons. The molecular weight excluding hydrogens is 316 g/mol. The van der Waals surface area contributed by atoms with Crippen LogP contribution in [0.3, 0.4) is 0 Å². The molecule has 1 unspecified atom stereocenters. The second kappa shape index (κ2) is 5.00. The minimum atomic E-state index is -0.305. The van der Waals surface area contributed by atoms with E-state index in [1.807, 2.05) is 31.3 Å². The standard InChI is InChI=1S/C15H15BrN4/c1-9-7-13(19-12-6-4-3-5-10(9)12)14(17)15-11(16)8-18-20(15)2/h3-8,14H,17H2,1-2H3. The fourth-order valence-corrected chi connectivity index (χ4v) is 3.04. The number of nitrogens with zero attached hydrogens (tertiary/aromatic N) is 3. The molecule has 0 aliphatic heterocycles. The SMILES string of the molecule is Cc1cc(C(N)c2c(Br)cnn2C)nc2ccccc12. The first-order chi connectivity index (χ1) is 9.58. The van der Waals surface area contributed by atoms with Gasteiger partial charge in [-0.15, -0.1) is 0 Å². The zero-order chi connectivity index (χ0) is 14.3. The third-order valence-electron chi connectivity index (χ3n) is 3.49. The fourth-order valence-electron chi connectivity index (χ4n) is 2.44. The first-order valence-electron chi connectivity index (χ1n) is 6.37. The Hall–Kier alpha value is -1.72. The van der Waals surface area contributed by atoms with Crippen LogP contribution in [0.25, 0.3) is 10.9 Å². The molecule has 3 rings (SSSR count). The van der Waals surface area contributed by atoms with Crippen LogP contribution in [0.1, 0.15) is 23.0 Å². The summed E-state index contributed by atoms with van der Waals surface area (Å²) >= 11 is 3.49. The monoisotopic (exact) mass is 330 g/mol. The Labute approximate surface area is 125 Å². The molecule has 2 N–H and O–H groups in total. The highest BCUT2D eigenvalue weighted by molar-refractivity contribution is 9.10. The lowest BCUT2D eigenvalue weighted by Crippen LogP contribution is -2.18. The summed E-state index contributed by atoms with van der Waals surface area (Å²) in [7, 11) is 1.88. The second-order valence-electron chi connectivity index (χ2n) is 4.86. The average Bonchev–Trinajstić information content (AvgIpc) is 2.77. The number of pyridine rings is 1. The van der Waals surface area contributed by atoms with Gasteiger partial charge in [-0.2, -0.15) is 5.10 Å². The van der Waals surface area contributed by atoms with Crippen molar-refractivity contribution in [2.75, 3.05) is 0 Å². The molecular formula is C15H15BrN4. The van der Waals surface area contributed by atoms with E-state index >= 15 is 0 Å². The van der Waals surface area contributed by atoms with Crippen LogP contribution in [0.15, 0.2) is 41.0 Å². The molecule has 0 aliphatic carbocycles. The van der Waals surface area contributed by atoms with Gasteiger partial charge in [0.15, 0.2) is 0 Å². The Kier molecular flexibility index (Phi) is 3.31. The van der Waals surface area contributed by atoms with E-state index in [0.29, 0.717) is 0 Å². The molecule has 102 valence electrons. The summed E-state index contributed by atoms with van der Waals surface area (Å²) in [6.07, 6.45) is 1.75. The summed E-state index contributed by atoms with van der Waals surface area (Å²) in [5.74, 6) is 0. The van der Waals surface area contributed by atoms with Crippen molar-refractivity contribution in [3.8, 4) is 0 Å². The van der Waals surface area contributed by atoms with E-state index in [2.05, 4.69) is 39.0 Å². The van der Waals surface area contributed by atoms with Gasteiger partial charge in [-0.05, 0) is 40.5 Å². The zero-order valence-corrected chi connectivity index (χ0v) is 12.9. The molecule has 0 spiro atoms. The van der Waals surface area contributed by atoms with Crippen LogP contribution < -0.4 is 5.73 Å². The summed E-state index contributed by atoms with van der Waals surface area (Å²) in [6, 6.07) is 9.84. The number of fused-ring (bicyclic) bond motifs is 1. The molecule has 5 heteroatoms. The number of hydrogen-bond acceptors (Lipinski definition) is 3. The Morgan fingerprint density at radius 1 is 1.30 bits per heavy atom. The predicted molar refractivity (Wildman–Crippen MR) is 83.4 cm³/mol. The van der Waals surface area contributed by atoms with Gasteiger partial charge in [0, 0.05) is 12.4 Å². The van der Waals surface area contributed by atoms with Gasteiger partial charge in [0.05, 0.1) is 33.6 Å². The van der Waals surface area contributed by atoms with Gasteiger partial charge in [0.1, 0.15) is 0 Å². The molecule has 1 atom stereocenters. The van der Waals surface area contributed by atoms with Crippen molar-refractivity contribution in [2.24, 2.45) is 12.8 Å². The maximum atomic E-state index is 6.37. The van der Waals surface area contributed by atoms with Crippen LogP contribution in [0, 0.1) is 6.92 Å². The Morgan fingerprint density at radius 3 is 2.75 bits per heavy atom. The van der Waals surface area contributed by atoms with Gasteiger partial charge in [-0.3, -0.25) is 9.67 Å². The van der Waals surface area contributed by atoms with Crippen molar-refractivity contribution in [1.82, 2.24) is 14.8 Å². The number of nitrogens with two attached hydrogens (primary N) is 1. The second-order valence-corrected chi connectivity index (χ2v) is 5.71. The van der Waals surface area contributed by atoms with E-state index in [1.54, 1.807) is 10.9 Å². The Bertz CT molecular complexity index is 759. The molecule has 0 bridgehead atoms. The molecule has 20 heavy (non-hydrogen) atoms. The molecule has 2 aromatic heterocycles. The third-order valence-corrected chi connectivity index (χ3v) is 4.10. The quantitative estimate of drug-likeness (QED) is 0.785. The summed E-state index contributed by atoms with van der Waals surface area (Å²) in [5.41, 5.74) is 10.3. The van der Waals surface area contributed by atoms with Crippen molar-refractivity contribution in [2.45, 2.75) is 13.0 Å². The number of aromatic nitrogens is 3. The molecule has 0 fully saturated rings. The smallest absolute Gasteiger partial charge is 0.0908 e. The molecule has 0 amide bonds. The lowest BCUT2D eigenvalue weighted by molar-refractivity contribution is 0.663. The summed E-state index contributed by atoms with van der Waals surface area (Å²) in [6.45, 7) is 2.08. The van der Waals surface area contributed by atoms with E-state index in [0.717, 1.165) is 26.8 Å². The number of hydrogen-bond donors (Lipinski definition) is 1. The van der Waals surface area contributed by atoms with Crippen molar-refractivity contribution in [3.05, 3.63) is 58.0 Å². The minimum absolute atomic E-state index is 0.305. The number of rotatable bonds is 2. The lowest BCUT2D eigenvalue weighted by Gasteiger charge is -2.14. The van der Waals surface area contributed by atoms with Crippen LogP contribution >= 0.6 is 15.9 Å². The first-order valence-corrected chi connectivity index (χ1v) is 7.16. The first kappa shape index (κ1) is 13.3. The van der Waals surface area contributed by atoms with E-state index in [4.69, 9.17) is 5.73 Å². The number of halogens is 1. The highest BCUT2D eigenvalue weighted by atomic mass is 79.9. The summed E-state index contributed by atoms with van der Waals surface area (Å²) in [4.78, 5) is 4.69. The molecule has 0 saturated carbocycles. The molecule has 0 aliphatic rings. The van der Waals surface area contributed by atoms with Crippen molar-refractivity contribution >= 4 is 26.8 Å². The molecule has 3 aromatic rings. The average molecular weight is 331 g/mol. The van der Waals surface area contributed by atoms with Gasteiger partial charge < -0.3 is 5.73 Å². The van der Waals surface area contributed by atoms with Crippen molar-refractivity contribution in [3.63, 3.8) is 0 Å². The normalized spacial score (nSPS) is 12.8. The van der Waals surface area contributed by atoms with E-state index in [9.17, 15) is 0 Å². The fraction of sp³-hybridized carbons (Fsp3) is 0.200. The van der Waals surface area contributed by atoms with Gasteiger partial charge in [0.25, 0.3) is 0 Å². The predicted octanol–water partition coefficient (Wildman–Crippen LogP) is 3.09. The highest BCUT2D eigenvalue weighted by Crippen LogP contribution is 2.27. The van der Waals surface area contributed by atoms with Crippen LogP contribution in [-0.2, 0) is 7.05 Å². The van der Waals surface area contributed by atoms with Crippen molar-refractivity contribution in [1.29, 1.82) is 0 Å². The van der Waals surface area contributed by atoms with Crippen LogP contribution in [0.2, 0.25) is 0 Å². The number of para-hydroxylation sites is 1. The maximum absolute atomic E-state index is 6.37. The minimum Gasteiger partial charge on any atom is -0.318 e. The van der Waals surface area contributed by atoms with E-state index in [1.165, 1.54) is 5.56 Å². The Balaban J connectivity index is 2.15. The van der Waals surface area contributed by atoms with E-state index < -0.39 is 0 Å².